The Kier molecular flexibility index (Phi) is 5.36. The van der Waals surface area contributed by atoms with Gasteiger partial charge in [0, 0.05) is 18.6 Å². The second-order valence-corrected chi connectivity index (χ2v) is 5.94. The number of rotatable bonds is 6. The first-order valence-corrected chi connectivity index (χ1v) is 6.79. The summed E-state index contributed by atoms with van der Waals surface area (Å²) in [5, 5.41) is 3.27. The Bertz CT molecular complexity index is 383. The zero-order chi connectivity index (χ0) is 13.8. The minimum atomic E-state index is 0.201. The molecule has 0 bridgehead atoms. The highest BCUT2D eigenvalue weighted by Gasteiger charge is 2.22. The SMILES string of the molecule is CNCC(C)(C)N(C)CCc1cc(C)ccc1C. The third kappa shape index (κ3) is 4.11. The molecule has 1 aromatic carbocycles. The lowest BCUT2D eigenvalue weighted by Crippen LogP contribution is -2.48. The van der Waals surface area contributed by atoms with Crippen LogP contribution in [0.3, 0.4) is 0 Å². The monoisotopic (exact) mass is 248 g/mol. The maximum absolute atomic E-state index is 3.27. The molecule has 102 valence electrons. The molecule has 1 aromatic rings. The Morgan fingerprint density at radius 2 is 1.89 bits per heavy atom. The van der Waals surface area contributed by atoms with Gasteiger partial charge in [-0.15, -0.1) is 0 Å². The van der Waals surface area contributed by atoms with Gasteiger partial charge in [-0.3, -0.25) is 4.90 Å². The molecule has 0 amide bonds. The maximum Gasteiger partial charge on any atom is 0.0274 e. The molecular formula is C16H28N2. The summed E-state index contributed by atoms with van der Waals surface area (Å²) in [5.74, 6) is 0. The smallest absolute Gasteiger partial charge is 0.0274 e. The van der Waals surface area contributed by atoms with Crippen LogP contribution in [-0.2, 0) is 6.42 Å². The lowest BCUT2D eigenvalue weighted by Gasteiger charge is -2.35. The van der Waals surface area contributed by atoms with Crippen LogP contribution in [0, 0.1) is 13.8 Å². The summed E-state index contributed by atoms with van der Waals surface area (Å²) < 4.78 is 0. The van der Waals surface area contributed by atoms with Crippen LogP contribution in [0.25, 0.3) is 0 Å². The highest BCUT2D eigenvalue weighted by atomic mass is 15.2. The molecule has 0 saturated carbocycles. The fraction of sp³-hybridized carbons (Fsp3) is 0.625. The molecule has 0 fully saturated rings. The second-order valence-electron chi connectivity index (χ2n) is 5.94. The van der Waals surface area contributed by atoms with Crippen molar-refractivity contribution in [1.82, 2.24) is 10.2 Å². The summed E-state index contributed by atoms with van der Waals surface area (Å²) in [5.41, 5.74) is 4.43. The van der Waals surface area contributed by atoms with Crippen molar-refractivity contribution >= 4 is 0 Å². The Morgan fingerprint density at radius 1 is 1.22 bits per heavy atom. The third-order valence-electron chi connectivity index (χ3n) is 3.86. The topological polar surface area (TPSA) is 15.3 Å². The van der Waals surface area contributed by atoms with Gasteiger partial charge in [0.15, 0.2) is 0 Å². The van der Waals surface area contributed by atoms with E-state index < -0.39 is 0 Å². The number of nitrogens with zero attached hydrogens (tertiary/aromatic N) is 1. The fourth-order valence-corrected chi connectivity index (χ4v) is 2.23. The van der Waals surface area contributed by atoms with E-state index in [9.17, 15) is 0 Å². The molecule has 0 spiro atoms. The Balaban J connectivity index is 2.62. The first kappa shape index (κ1) is 15.2. The van der Waals surface area contributed by atoms with E-state index in [1.807, 2.05) is 7.05 Å². The molecule has 1 N–H and O–H groups in total. The number of nitrogens with one attached hydrogen (secondary N) is 1. The molecule has 0 unspecified atom stereocenters. The van der Waals surface area contributed by atoms with Crippen molar-refractivity contribution in [2.75, 3.05) is 27.2 Å². The van der Waals surface area contributed by atoms with E-state index in [4.69, 9.17) is 0 Å². The Labute approximate surface area is 112 Å². The molecule has 2 heteroatoms. The van der Waals surface area contributed by atoms with E-state index in [-0.39, 0.29) is 5.54 Å². The van der Waals surface area contributed by atoms with Gasteiger partial charge in [0.2, 0.25) is 0 Å². The average molecular weight is 248 g/mol. The molecule has 0 aliphatic rings. The predicted molar refractivity (Wildman–Crippen MR) is 80.3 cm³/mol. The van der Waals surface area contributed by atoms with Gasteiger partial charge in [-0.05, 0) is 59.3 Å². The van der Waals surface area contributed by atoms with Gasteiger partial charge < -0.3 is 5.32 Å². The maximum atomic E-state index is 3.27. The molecule has 0 atom stereocenters. The third-order valence-corrected chi connectivity index (χ3v) is 3.86. The Hall–Kier alpha value is -0.860. The van der Waals surface area contributed by atoms with Gasteiger partial charge in [-0.2, -0.15) is 0 Å². The molecule has 0 aliphatic carbocycles. The van der Waals surface area contributed by atoms with Gasteiger partial charge in [0.1, 0.15) is 0 Å². The van der Waals surface area contributed by atoms with Crippen molar-refractivity contribution < 1.29 is 0 Å². The van der Waals surface area contributed by atoms with Gasteiger partial charge in [0.25, 0.3) is 0 Å². The van der Waals surface area contributed by atoms with Crippen molar-refractivity contribution in [2.24, 2.45) is 0 Å². The van der Waals surface area contributed by atoms with E-state index in [1.165, 1.54) is 16.7 Å². The highest BCUT2D eigenvalue weighted by Crippen LogP contribution is 2.15. The standard InChI is InChI=1S/C16H28N2/c1-13-7-8-14(2)15(11-13)9-10-18(6)16(3,4)12-17-5/h7-8,11,17H,9-10,12H2,1-6H3. The molecule has 2 nitrogen and oxygen atoms in total. The van der Waals surface area contributed by atoms with E-state index in [0.29, 0.717) is 0 Å². The summed E-state index contributed by atoms with van der Waals surface area (Å²) in [6.45, 7) is 11.0. The highest BCUT2D eigenvalue weighted by molar-refractivity contribution is 5.30. The molecule has 0 aliphatic heterocycles. The number of likely N-dealkylation sites (N-methyl/N-ethyl adjacent to an activating group) is 2. The number of benzene rings is 1. The van der Waals surface area contributed by atoms with E-state index in [1.54, 1.807) is 0 Å². The van der Waals surface area contributed by atoms with Crippen LogP contribution >= 0.6 is 0 Å². The van der Waals surface area contributed by atoms with Crippen LogP contribution < -0.4 is 5.32 Å². The molecule has 18 heavy (non-hydrogen) atoms. The van der Waals surface area contributed by atoms with Crippen molar-refractivity contribution in [1.29, 1.82) is 0 Å². The molecule has 0 radical (unpaired) electrons. The summed E-state index contributed by atoms with van der Waals surface area (Å²) in [6.07, 6.45) is 1.12. The average Bonchev–Trinajstić information content (AvgIpc) is 2.29. The molecule has 0 saturated heterocycles. The first-order valence-electron chi connectivity index (χ1n) is 6.79. The van der Waals surface area contributed by atoms with Crippen LogP contribution in [0.15, 0.2) is 18.2 Å². The molecular weight excluding hydrogens is 220 g/mol. The van der Waals surface area contributed by atoms with Crippen molar-refractivity contribution in [2.45, 2.75) is 39.7 Å². The van der Waals surface area contributed by atoms with Gasteiger partial charge in [-0.25, -0.2) is 0 Å². The van der Waals surface area contributed by atoms with E-state index >= 15 is 0 Å². The van der Waals surface area contributed by atoms with Crippen molar-refractivity contribution in [3.63, 3.8) is 0 Å². The molecule has 0 aromatic heterocycles. The van der Waals surface area contributed by atoms with Crippen LogP contribution in [-0.4, -0.2) is 37.6 Å². The summed E-state index contributed by atoms with van der Waals surface area (Å²) >= 11 is 0. The largest absolute Gasteiger partial charge is 0.318 e. The number of hydrogen-bond donors (Lipinski definition) is 1. The van der Waals surface area contributed by atoms with Crippen LogP contribution in [0.5, 0.6) is 0 Å². The van der Waals surface area contributed by atoms with Gasteiger partial charge in [-0.1, -0.05) is 23.8 Å². The molecule has 1 rings (SSSR count). The van der Waals surface area contributed by atoms with Crippen molar-refractivity contribution in [3.05, 3.63) is 34.9 Å². The van der Waals surface area contributed by atoms with Gasteiger partial charge >= 0.3 is 0 Å². The Morgan fingerprint density at radius 3 is 2.50 bits per heavy atom. The zero-order valence-corrected chi connectivity index (χ0v) is 12.8. The van der Waals surface area contributed by atoms with Crippen LogP contribution in [0.2, 0.25) is 0 Å². The van der Waals surface area contributed by atoms with Crippen LogP contribution in [0.1, 0.15) is 30.5 Å². The summed E-state index contributed by atoms with van der Waals surface area (Å²) in [4.78, 5) is 2.44. The fourth-order valence-electron chi connectivity index (χ4n) is 2.23. The lowest BCUT2D eigenvalue weighted by atomic mass is 10.00. The second kappa shape index (κ2) is 6.35. The normalized spacial score (nSPS) is 12.2. The van der Waals surface area contributed by atoms with Gasteiger partial charge in [0.05, 0.1) is 0 Å². The minimum Gasteiger partial charge on any atom is -0.318 e. The molecule has 0 heterocycles. The quantitative estimate of drug-likeness (QED) is 0.833. The predicted octanol–water partition coefficient (Wildman–Crippen LogP) is 2.78. The van der Waals surface area contributed by atoms with E-state index in [0.717, 1.165) is 19.5 Å². The van der Waals surface area contributed by atoms with Crippen molar-refractivity contribution in [3.8, 4) is 0 Å². The number of aryl methyl sites for hydroxylation is 2. The summed E-state index contributed by atoms with van der Waals surface area (Å²) in [6, 6.07) is 6.73. The minimum absolute atomic E-state index is 0.201. The van der Waals surface area contributed by atoms with E-state index in [2.05, 4.69) is 63.2 Å². The first-order chi connectivity index (χ1) is 8.36. The number of hydrogen-bond acceptors (Lipinski definition) is 2. The zero-order valence-electron chi connectivity index (χ0n) is 12.8. The van der Waals surface area contributed by atoms with Crippen LogP contribution in [0.4, 0.5) is 0 Å². The lowest BCUT2D eigenvalue weighted by molar-refractivity contribution is 0.157. The summed E-state index contributed by atoms with van der Waals surface area (Å²) in [7, 11) is 4.22.